The first kappa shape index (κ1) is 10.3. The zero-order valence-electron chi connectivity index (χ0n) is 8.29. The van der Waals surface area contributed by atoms with Crippen molar-refractivity contribution in [1.82, 2.24) is 15.3 Å². The van der Waals surface area contributed by atoms with E-state index >= 15 is 0 Å². The Labute approximate surface area is 81.6 Å². The summed E-state index contributed by atoms with van der Waals surface area (Å²) in [5.74, 6) is -0.379. The van der Waals surface area contributed by atoms with Crippen LogP contribution >= 0.6 is 0 Å². The van der Waals surface area contributed by atoms with E-state index in [0.29, 0.717) is 11.4 Å². The van der Waals surface area contributed by atoms with Crippen LogP contribution in [0.1, 0.15) is 28.8 Å². The fourth-order valence-electron chi connectivity index (χ4n) is 0.979. The van der Waals surface area contributed by atoms with Gasteiger partial charge in [-0.15, -0.1) is 0 Å². The molecule has 0 aliphatic carbocycles. The molecular weight excluding hydrogens is 182 g/mol. The molecule has 1 rings (SSSR count). The van der Waals surface area contributed by atoms with Crippen molar-refractivity contribution in [3.8, 4) is 0 Å². The number of rotatable bonds is 1. The molecule has 5 heteroatoms. The maximum atomic E-state index is 11.4. The Morgan fingerprint density at radius 2 is 2.00 bits per heavy atom. The smallest absolute Gasteiger partial charge is 0.276 e. The zero-order valence-corrected chi connectivity index (χ0v) is 8.29. The largest absolute Gasteiger partial charge is 0.291 e. The van der Waals surface area contributed by atoms with Gasteiger partial charge in [0.2, 0.25) is 5.91 Å². The summed E-state index contributed by atoms with van der Waals surface area (Å²) in [6.45, 7) is 4.68. The van der Waals surface area contributed by atoms with Crippen molar-refractivity contribution in [1.29, 1.82) is 0 Å². The second kappa shape index (κ2) is 3.95. The van der Waals surface area contributed by atoms with Crippen LogP contribution in [0, 0.1) is 13.8 Å². The van der Waals surface area contributed by atoms with Gasteiger partial charge in [0.1, 0.15) is 11.5 Å². The molecule has 14 heavy (non-hydrogen) atoms. The molecule has 0 atom stereocenters. The van der Waals surface area contributed by atoms with Gasteiger partial charge in [-0.1, -0.05) is 0 Å². The first-order valence-electron chi connectivity index (χ1n) is 4.13. The average Bonchev–Trinajstić information content (AvgIpc) is 2.08. The van der Waals surface area contributed by atoms with Crippen molar-refractivity contribution >= 4 is 11.8 Å². The van der Waals surface area contributed by atoms with Crippen molar-refractivity contribution in [3.05, 3.63) is 23.3 Å². The molecule has 0 aromatic carbocycles. The lowest BCUT2D eigenvalue weighted by atomic mass is 10.2. The summed E-state index contributed by atoms with van der Waals surface area (Å²) >= 11 is 0. The predicted molar refractivity (Wildman–Crippen MR) is 49.7 cm³/mol. The summed E-state index contributed by atoms with van der Waals surface area (Å²) < 4.78 is 0. The molecule has 0 saturated heterocycles. The molecule has 0 bridgehead atoms. The Morgan fingerprint density at radius 1 is 1.36 bits per heavy atom. The van der Waals surface area contributed by atoms with E-state index in [4.69, 9.17) is 0 Å². The molecule has 0 radical (unpaired) electrons. The molecule has 1 N–H and O–H groups in total. The maximum Gasteiger partial charge on any atom is 0.276 e. The molecule has 1 aromatic rings. The van der Waals surface area contributed by atoms with Gasteiger partial charge >= 0.3 is 0 Å². The van der Waals surface area contributed by atoms with Crippen molar-refractivity contribution in [2.75, 3.05) is 0 Å². The SMILES string of the molecule is CC(=O)NC(=O)c1nc(C)ncc1C. The molecule has 0 saturated carbocycles. The highest BCUT2D eigenvalue weighted by atomic mass is 16.2. The fourth-order valence-corrected chi connectivity index (χ4v) is 0.979. The van der Waals surface area contributed by atoms with Gasteiger partial charge in [-0.2, -0.15) is 0 Å². The topological polar surface area (TPSA) is 72.0 Å². The Morgan fingerprint density at radius 3 is 2.57 bits per heavy atom. The predicted octanol–water partition coefficient (Wildman–Crippen LogP) is 0.370. The monoisotopic (exact) mass is 193 g/mol. The Bertz CT molecular complexity index is 388. The fraction of sp³-hybridized carbons (Fsp3) is 0.333. The van der Waals surface area contributed by atoms with Crippen LogP contribution in [0.3, 0.4) is 0 Å². The number of nitrogens with one attached hydrogen (secondary N) is 1. The number of carbonyl (C=O) groups is 2. The van der Waals surface area contributed by atoms with Gasteiger partial charge in [0.25, 0.3) is 5.91 Å². The third kappa shape index (κ3) is 2.35. The number of aryl methyl sites for hydroxylation is 2. The molecule has 0 aliphatic rings. The van der Waals surface area contributed by atoms with Crippen LogP contribution in [-0.4, -0.2) is 21.8 Å². The highest BCUT2D eigenvalue weighted by molar-refractivity contribution is 6.03. The molecule has 74 valence electrons. The van der Waals surface area contributed by atoms with Crippen molar-refractivity contribution in [3.63, 3.8) is 0 Å². The summed E-state index contributed by atoms with van der Waals surface area (Å²) in [6.07, 6.45) is 1.55. The lowest BCUT2D eigenvalue weighted by Crippen LogP contribution is -2.29. The first-order valence-corrected chi connectivity index (χ1v) is 4.13. The summed E-state index contributed by atoms with van der Waals surface area (Å²) in [5, 5.41) is 2.16. The molecule has 0 spiro atoms. The average molecular weight is 193 g/mol. The van der Waals surface area contributed by atoms with Gasteiger partial charge in [-0.3, -0.25) is 14.9 Å². The number of imide groups is 1. The molecule has 0 aliphatic heterocycles. The highest BCUT2D eigenvalue weighted by Gasteiger charge is 2.12. The van der Waals surface area contributed by atoms with Crippen LogP contribution in [0.4, 0.5) is 0 Å². The minimum absolute atomic E-state index is 0.243. The summed E-state index contributed by atoms with van der Waals surface area (Å²) in [5.41, 5.74) is 0.891. The number of carbonyl (C=O) groups excluding carboxylic acids is 2. The number of hydrogen-bond donors (Lipinski definition) is 1. The van der Waals surface area contributed by atoms with Crippen LogP contribution in [0.15, 0.2) is 6.20 Å². The van der Waals surface area contributed by atoms with Gasteiger partial charge in [-0.05, 0) is 19.4 Å². The molecule has 0 fully saturated rings. The van der Waals surface area contributed by atoms with Gasteiger partial charge in [0.15, 0.2) is 0 Å². The zero-order chi connectivity index (χ0) is 10.7. The molecular formula is C9H11N3O2. The Hall–Kier alpha value is -1.78. The lowest BCUT2D eigenvalue weighted by molar-refractivity contribution is -0.118. The number of aromatic nitrogens is 2. The van der Waals surface area contributed by atoms with E-state index in [9.17, 15) is 9.59 Å². The molecule has 0 unspecified atom stereocenters. The summed E-state index contributed by atoms with van der Waals surface area (Å²) in [7, 11) is 0. The van der Waals surface area contributed by atoms with E-state index < -0.39 is 11.8 Å². The maximum absolute atomic E-state index is 11.4. The van der Waals surface area contributed by atoms with Crippen LogP contribution in [0.25, 0.3) is 0 Å². The summed E-state index contributed by atoms with van der Waals surface area (Å²) in [4.78, 5) is 29.9. The lowest BCUT2D eigenvalue weighted by Gasteiger charge is -2.03. The quantitative estimate of drug-likeness (QED) is 0.699. The standard InChI is InChI=1S/C9H11N3O2/c1-5-4-10-6(2)11-8(5)9(14)12-7(3)13/h4H,1-3H3,(H,12,13,14). The highest BCUT2D eigenvalue weighted by Crippen LogP contribution is 2.02. The summed E-state index contributed by atoms with van der Waals surface area (Å²) in [6, 6.07) is 0. The van der Waals surface area contributed by atoms with Crippen LogP contribution in [-0.2, 0) is 4.79 Å². The molecule has 1 heterocycles. The number of hydrogen-bond acceptors (Lipinski definition) is 4. The Balaban J connectivity index is 3.00. The van der Waals surface area contributed by atoms with E-state index in [0.717, 1.165) is 0 Å². The van der Waals surface area contributed by atoms with Crippen molar-refractivity contribution in [2.24, 2.45) is 0 Å². The van der Waals surface area contributed by atoms with Crippen molar-refractivity contribution in [2.45, 2.75) is 20.8 Å². The van der Waals surface area contributed by atoms with E-state index in [1.807, 2.05) is 0 Å². The first-order chi connectivity index (χ1) is 6.50. The third-order valence-electron chi connectivity index (χ3n) is 1.60. The number of nitrogens with zero attached hydrogens (tertiary/aromatic N) is 2. The third-order valence-corrected chi connectivity index (χ3v) is 1.60. The normalized spacial score (nSPS) is 9.64. The molecule has 1 aromatic heterocycles. The van der Waals surface area contributed by atoms with Gasteiger partial charge in [-0.25, -0.2) is 9.97 Å². The Kier molecular flexibility index (Phi) is 2.91. The van der Waals surface area contributed by atoms with Gasteiger partial charge in [0, 0.05) is 13.1 Å². The minimum atomic E-state index is -0.486. The van der Waals surface area contributed by atoms with E-state index in [2.05, 4.69) is 15.3 Å². The second-order valence-corrected chi connectivity index (χ2v) is 2.96. The molecule has 5 nitrogen and oxygen atoms in total. The number of amides is 2. The van der Waals surface area contributed by atoms with E-state index in [1.54, 1.807) is 20.0 Å². The second-order valence-electron chi connectivity index (χ2n) is 2.96. The van der Waals surface area contributed by atoms with Crippen molar-refractivity contribution < 1.29 is 9.59 Å². The molecule has 2 amide bonds. The van der Waals surface area contributed by atoms with E-state index in [-0.39, 0.29) is 5.69 Å². The van der Waals surface area contributed by atoms with Gasteiger partial charge < -0.3 is 0 Å². The van der Waals surface area contributed by atoms with Gasteiger partial charge in [0.05, 0.1) is 0 Å². The van der Waals surface area contributed by atoms with E-state index in [1.165, 1.54) is 6.92 Å². The van der Waals surface area contributed by atoms with Crippen LogP contribution in [0.5, 0.6) is 0 Å². The van der Waals surface area contributed by atoms with Crippen LogP contribution in [0.2, 0.25) is 0 Å². The minimum Gasteiger partial charge on any atom is -0.291 e. The van der Waals surface area contributed by atoms with Crippen LogP contribution < -0.4 is 5.32 Å².